The average molecular weight is 220 g/mol. The summed E-state index contributed by atoms with van der Waals surface area (Å²) in [6.45, 7) is 4.71. The fourth-order valence-corrected chi connectivity index (χ4v) is 1.46. The Hall–Kier alpha value is -1.31. The van der Waals surface area contributed by atoms with Gasteiger partial charge in [0.05, 0.1) is 0 Å². The van der Waals surface area contributed by atoms with Crippen LogP contribution in [0.15, 0.2) is 30.3 Å². The third-order valence-corrected chi connectivity index (χ3v) is 2.41. The number of hydrogen-bond acceptors (Lipinski definition) is 2. The smallest absolute Gasteiger partial charge is 0.306 e. The molecule has 0 aliphatic rings. The molecular formula is C14H20O2. The van der Waals surface area contributed by atoms with Crippen molar-refractivity contribution >= 4 is 5.97 Å². The lowest BCUT2D eigenvalue weighted by atomic mass is 10.1. The van der Waals surface area contributed by atoms with Crippen LogP contribution in [-0.4, -0.2) is 5.97 Å². The second-order valence-electron chi connectivity index (χ2n) is 4.43. The second-order valence-corrected chi connectivity index (χ2v) is 4.43. The molecule has 0 saturated heterocycles. The van der Waals surface area contributed by atoms with Crippen LogP contribution in [-0.2, 0) is 16.1 Å². The lowest BCUT2D eigenvalue weighted by Gasteiger charge is -2.06. The van der Waals surface area contributed by atoms with Gasteiger partial charge in [0.1, 0.15) is 6.61 Å². The van der Waals surface area contributed by atoms with Gasteiger partial charge in [0.2, 0.25) is 0 Å². The maximum Gasteiger partial charge on any atom is 0.306 e. The standard InChI is InChI=1S/C14H20O2/c1-12(2)7-6-10-14(15)16-11-13-8-4-3-5-9-13/h3-5,8-9,12H,6-7,10-11H2,1-2H3. The van der Waals surface area contributed by atoms with Gasteiger partial charge in [-0.2, -0.15) is 0 Å². The molecule has 0 unspecified atom stereocenters. The van der Waals surface area contributed by atoms with Crippen molar-refractivity contribution < 1.29 is 9.53 Å². The molecule has 0 fully saturated rings. The van der Waals surface area contributed by atoms with E-state index in [1.54, 1.807) is 0 Å². The molecule has 0 radical (unpaired) electrons. The SMILES string of the molecule is CC(C)CCCC(=O)OCc1ccccc1. The summed E-state index contributed by atoms with van der Waals surface area (Å²) in [5.74, 6) is 0.562. The quantitative estimate of drug-likeness (QED) is 0.685. The molecule has 0 N–H and O–H groups in total. The van der Waals surface area contributed by atoms with Crippen LogP contribution in [0.5, 0.6) is 0 Å². The van der Waals surface area contributed by atoms with Crippen LogP contribution < -0.4 is 0 Å². The van der Waals surface area contributed by atoms with E-state index < -0.39 is 0 Å². The first-order valence-electron chi connectivity index (χ1n) is 5.88. The van der Waals surface area contributed by atoms with Gasteiger partial charge in [0, 0.05) is 6.42 Å². The molecule has 2 nitrogen and oxygen atoms in total. The lowest BCUT2D eigenvalue weighted by molar-refractivity contribution is -0.145. The van der Waals surface area contributed by atoms with E-state index in [9.17, 15) is 4.79 Å². The van der Waals surface area contributed by atoms with Gasteiger partial charge in [-0.25, -0.2) is 0 Å². The maximum atomic E-state index is 11.4. The largest absolute Gasteiger partial charge is 0.461 e. The van der Waals surface area contributed by atoms with Crippen molar-refractivity contribution in [2.24, 2.45) is 5.92 Å². The number of benzene rings is 1. The minimum absolute atomic E-state index is 0.0931. The van der Waals surface area contributed by atoms with Crippen LogP contribution in [0.25, 0.3) is 0 Å². The van der Waals surface area contributed by atoms with Crippen LogP contribution in [0.2, 0.25) is 0 Å². The number of esters is 1. The van der Waals surface area contributed by atoms with E-state index >= 15 is 0 Å². The molecule has 1 aromatic carbocycles. The van der Waals surface area contributed by atoms with Gasteiger partial charge in [0.15, 0.2) is 0 Å². The van der Waals surface area contributed by atoms with Crippen LogP contribution in [0.3, 0.4) is 0 Å². The summed E-state index contributed by atoms with van der Waals surface area (Å²) < 4.78 is 5.17. The molecule has 0 spiro atoms. The summed E-state index contributed by atoms with van der Waals surface area (Å²) in [5.41, 5.74) is 1.04. The molecule has 0 aromatic heterocycles. The zero-order valence-corrected chi connectivity index (χ0v) is 10.1. The number of rotatable bonds is 6. The molecule has 0 aliphatic carbocycles. The van der Waals surface area contributed by atoms with Gasteiger partial charge in [0.25, 0.3) is 0 Å². The highest BCUT2D eigenvalue weighted by molar-refractivity contribution is 5.69. The normalized spacial score (nSPS) is 10.4. The summed E-state index contributed by atoms with van der Waals surface area (Å²) >= 11 is 0. The van der Waals surface area contributed by atoms with Crippen LogP contribution >= 0.6 is 0 Å². The maximum absolute atomic E-state index is 11.4. The van der Waals surface area contributed by atoms with E-state index in [4.69, 9.17) is 4.74 Å². The van der Waals surface area contributed by atoms with Crippen molar-refractivity contribution in [2.45, 2.75) is 39.7 Å². The first-order chi connectivity index (χ1) is 7.68. The summed E-state index contributed by atoms with van der Waals surface area (Å²) in [6, 6.07) is 9.76. The molecule has 0 amide bonds. The van der Waals surface area contributed by atoms with E-state index in [0.29, 0.717) is 18.9 Å². The Bertz CT molecular complexity index is 304. The third-order valence-electron chi connectivity index (χ3n) is 2.41. The van der Waals surface area contributed by atoms with E-state index in [2.05, 4.69) is 13.8 Å². The zero-order valence-electron chi connectivity index (χ0n) is 10.1. The summed E-state index contributed by atoms with van der Waals surface area (Å²) in [5, 5.41) is 0. The molecular weight excluding hydrogens is 200 g/mol. The van der Waals surface area contributed by atoms with Crippen molar-refractivity contribution in [3.63, 3.8) is 0 Å². The molecule has 16 heavy (non-hydrogen) atoms. The number of carbonyl (C=O) groups is 1. The monoisotopic (exact) mass is 220 g/mol. The Balaban J connectivity index is 2.16. The molecule has 2 heteroatoms. The fourth-order valence-electron chi connectivity index (χ4n) is 1.46. The first-order valence-corrected chi connectivity index (χ1v) is 5.88. The first kappa shape index (κ1) is 12.8. The van der Waals surface area contributed by atoms with Crippen molar-refractivity contribution in [3.8, 4) is 0 Å². The molecule has 88 valence electrons. The van der Waals surface area contributed by atoms with Crippen molar-refractivity contribution in [2.75, 3.05) is 0 Å². The predicted octanol–water partition coefficient (Wildman–Crippen LogP) is 3.56. The Morgan fingerprint density at radius 3 is 2.56 bits per heavy atom. The summed E-state index contributed by atoms with van der Waals surface area (Å²) in [6.07, 6.45) is 2.54. The van der Waals surface area contributed by atoms with Gasteiger partial charge >= 0.3 is 5.97 Å². The molecule has 1 aromatic rings. The third kappa shape index (κ3) is 5.54. The summed E-state index contributed by atoms with van der Waals surface area (Å²) in [7, 11) is 0. The Morgan fingerprint density at radius 1 is 1.25 bits per heavy atom. The van der Waals surface area contributed by atoms with Gasteiger partial charge in [-0.1, -0.05) is 50.6 Å². The van der Waals surface area contributed by atoms with E-state index in [1.165, 1.54) is 0 Å². The number of carbonyl (C=O) groups excluding carboxylic acids is 1. The zero-order chi connectivity index (χ0) is 11.8. The van der Waals surface area contributed by atoms with Gasteiger partial charge in [-0.3, -0.25) is 4.79 Å². The van der Waals surface area contributed by atoms with Crippen molar-refractivity contribution in [1.29, 1.82) is 0 Å². The molecule has 0 aliphatic heterocycles. The second kappa shape index (κ2) is 7.04. The van der Waals surface area contributed by atoms with Crippen LogP contribution in [0.1, 0.15) is 38.7 Å². The highest BCUT2D eigenvalue weighted by Crippen LogP contribution is 2.08. The Morgan fingerprint density at radius 2 is 1.94 bits per heavy atom. The molecule has 0 heterocycles. The topological polar surface area (TPSA) is 26.3 Å². The van der Waals surface area contributed by atoms with Crippen LogP contribution in [0.4, 0.5) is 0 Å². The van der Waals surface area contributed by atoms with Gasteiger partial charge in [-0.15, -0.1) is 0 Å². The number of ether oxygens (including phenoxy) is 1. The van der Waals surface area contributed by atoms with E-state index in [-0.39, 0.29) is 5.97 Å². The van der Waals surface area contributed by atoms with Crippen LogP contribution in [0, 0.1) is 5.92 Å². The average Bonchev–Trinajstić information content (AvgIpc) is 2.27. The highest BCUT2D eigenvalue weighted by Gasteiger charge is 2.03. The van der Waals surface area contributed by atoms with E-state index in [0.717, 1.165) is 18.4 Å². The lowest BCUT2D eigenvalue weighted by Crippen LogP contribution is -2.04. The number of hydrogen-bond donors (Lipinski definition) is 0. The molecule has 1 rings (SSSR count). The Labute approximate surface area is 97.6 Å². The minimum atomic E-state index is -0.0931. The molecule has 0 saturated carbocycles. The summed E-state index contributed by atoms with van der Waals surface area (Å²) in [4.78, 5) is 11.4. The Kier molecular flexibility index (Phi) is 5.62. The minimum Gasteiger partial charge on any atom is -0.461 e. The van der Waals surface area contributed by atoms with E-state index in [1.807, 2.05) is 30.3 Å². The molecule has 0 atom stereocenters. The van der Waals surface area contributed by atoms with Crippen molar-refractivity contribution in [1.82, 2.24) is 0 Å². The predicted molar refractivity (Wildman–Crippen MR) is 64.9 cm³/mol. The van der Waals surface area contributed by atoms with Crippen molar-refractivity contribution in [3.05, 3.63) is 35.9 Å². The van der Waals surface area contributed by atoms with Gasteiger partial charge in [-0.05, 0) is 17.9 Å². The van der Waals surface area contributed by atoms with Gasteiger partial charge < -0.3 is 4.74 Å². The highest BCUT2D eigenvalue weighted by atomic mass is 16.5. The fraction of sp³-hybridized carbons (Fsp3) is 0.500. The molecule has 0 bridgehead atoms.